The van der Waals surface area contributed by atoms with E-state index in [0.29, 0.717) is 18.1 Å². The van der Waals surface area contributed by atoms with E-state index in [-0.39, 0.29) is 5.03 Å². The van der Waals surface area contributed by atoms with Gasteiger partial charge in [-0.25, -0.2) is 23.2 Å². The summed E-state index contributed by atoms with van der Waals surface area (Å²) in [6.07, 6.45) is 2.29. The van der Waals surface area contributed by atoms with Gasteiger partial charge in [0, 0.05) is 19.3 Å². The van der Waals surface area contributed by atoms with Gasteiger partial charge in [0.05, 0.1) is 5.02 Å². The first kappa shape index (κ1) is 16.4. The molecule has 118 valence electrons. The van der Waals surface area contributed by atoms with Crippen molar-refractivity contribution in [3.8, 4) is 0 Å². The van der Waals surface area contributed by atoms with Crippen LogP contribution in [-0.4, -0.2) is 52.2 Å². The van der Waals surface area contributed by atoms with Gasteiger partial charge in [0.2, 0.25) is 0 Å². The number of halogens is 1. The number of carbonyl (C=O) groups excluding carboxylic acids is 1. The number of pyridine rings is 1. The van der Waals surface area contributed by atoms with Crippen molar-refractivity contribution >= 4 is 27.5 Å². The van der Waals surface area contributed by atoms with Crippen LogP contribution in [0.3, 0.4) is 0 Å². The average molecular weight is 344 g/mol. The Morgan fingerprint density at radius 1 is 1.27 bits per heavy atom. The molecule has 2 rings (SSSR count). The van der Waals surface area contributed by atoms with Crippen molar-refractivity contribution in [1.82, 2.24) is 24.6 Å². The molecule has 2 aromatic rings. The van der Waals surface area contributed by atoms with Crippen LogP contribution in [0.15, 0.2) is 34.8 Å². The van der Waals surface area contributed by atoms with E-state index in [1.165, 1.54) is 23.2 Å². The van der Waals surface area contributed by atoms with E-state index >= 15 is 0 Å². The van der Waals surface area contributed by atoms with Gasteiger partial charge in [-0.05, 0) is 26.0 Å². The highest BCUT2D eigenvalue weighted by atomic mass is 35.5. The molecular formula is C12H14ClN5O3S. The summed E-state index contributed by atoms with van der Waals surface area (Å²) in [6.45, 7) is 4.59. The molecule has 2 aromatic heterocycles. The van der Waals surface area contributed by atoms with Gasteiger partial charge in [0.25, 0.3) is 15.0 Å². The molecule has 0 saturated carbocycles. The Hall–Kier alpha value is -2.00. The summed E-state index contributed by atoms with van der Waals surface area (Å²) in [7, 11) is -3.99. The molecule has 0 saturated heterocycles. The van der Waals surface area contributed by atoms with Crippen LogP contribution in [0.2, 0.25) is 5.02 Å². The fourth-order valence-electron chi connectivity index (χ4n) is 1.72. The smallest absolute Gasteiger partial charge is 0.323 e. The fraction of sp³-hybridized carbons (Fsp3) is 0.333. The van der Waals surface area contributed by atoms with Gasteiger partial charge in [-0.1, -0.05) is 11.6 Å². The maximum Gasteiger partial charge on any atom is 0.346 e. The van der Waals surface area contributed by atoms with Crippen LogP contribution in [-0.2, 0) is 9.84 Å². The first-order chi connectivity index (χ1) is 10.4. The first-order valence-electron chi connectivity index (χ1n) is 6.47. The molecule has 22 heavy (non-hydrogen) atoms. The highest BCUT2D eigenvalue weighted by Crippen LogP contribution is 2.16. The van der Waals surface area contributed by atoms with Crippen LogP contribution < -0.4 is 0 Å². The van der Waals surface area contributed by atoms with Crippen LogP contribution in [0.4, 0.5) is 4.79 Å². The molecule has 8 nitrogen and oxygen atoms in total. The number of hydrogen-bond acceptors (Lipinski definition) is 6. The van der Waals surface area contributed by atoms with Crippen molar-refractivity contribution in [2.75, 3.05) is 13.1 Å². The lowest BCUT2D eigenvalue weighted by atomic mass is 10.5. The SMILES string of the molecule is CCN(CC)C(=O)n1cnc(S(=O)(=O)c2ccc(Cl)cn2)n1. The Kier molecular flexibility index (Phi) is 4.77. The number of aromatic nitrogens is 4. The van der Waals surface area contributed by atoms with Crippen LogP contribution in [0.25, 0.3) is 0 Å². The zero-order chi connectivity index (χ0) is 16.3. The van der Waals surface area contributed by atoms with Crippen LogP contribution in [0, 0.1) is 0 Å². The van der Waals surface area contributed by atoms with Gasteiger partial charge in [-0.3, -0.25) is 0 Å². The third-order valence-corrected chi connectivity index (χ3v) is 4.60. The third kappa shape index (κ3) is 3.09. The zero-order valence-electron chi connectivity index (χ0n) is 12.0. The Morgan fingerprint density at radius 2 is 1.95 bits per heavy atom. The van der Waals surface area contributed by atoms with Crippen molar-refractivity contribution in [2.45, 2.75) is 24.0 Å². The number of amides is 1. The normalized spacial score (nSPS) is 11.4. The quantitative estimate of drug-likeness (QED) is 0.833. The van der Waals surface area contributed by atoms with Crippen LogP contribution in [0.1, 0.15) is 13.8 Å². The average Bonchev–Trinajstić information content (AvgIpc) is 2.99. The van der Waals surface area contributed by atoms with Crippen molar-refractivity contribution in [2.24, 2.45) is 0 Å². The van der Waals surface area contributed by atoms with E-state index in [2.05, 4.69) is 15.1 Å². The standard InChI is InChI=1S/C12H14ClN5O3S/c1-3-17(4-2)12(19)18-8-15-11(16-18)22(20,21)10-6-5-9(13)7-14-10/h5-8H,3-4H2,1-2H3. The van der Waals surface area contributed by atoms with Crippen LogP contribution >= 0.6 is 11.6 Å². The molecule has 0 spiro atoms. The summed E-state index contributed by atoms with van der Waals surface area (Å²) in [5, 5.41) is 3.35. The van der Waals surface area contributed by atoms with Gasteiger partial charge < -0.3 is 4.90 Å². The predicted molar refractivity (Wildman–Crippen MR) is 78.4 cm³/mol. The second-order valence-electron chi connectivity index (χ2n) is 4.24. The van der Waals surface area contributed by atoms with Gasteiger partial charge in [0.15, 0.2) is 5.03 Å². The lowest BCUT2D eigenvalue weighted by Gasteiger charge is -2.17. The molecule has 0 fully saturated rings. The number of sulfone groups is 1. The van der Waals surface area contributed by atoms with Crippen molar-refractivity contribution in [1.29, 1.82) is 0 Å². The van der Waals surface area contributed by atoms with E-state index in [9.17, 15) is 13.2 Å². The molecule has 0 radical (unpaired) electrons. The summed E-state index contributed by atoms with van der Waals surface area (Å²) in [6, 6.07) is 2.22. The monoisotopic (exact) mass is 343 g/mol. The van der Waals surface area contributed by atoms with E-state index in [1.807, 2.05) is 13.8 Å². The van der Waals surface area contributed by atoms with Crippen LogP contribution in [0.5, 0.6) is 0 Å². The molecule has 0 unspecified atom stereocenters. The summed E-state index contributed by atoms with van der Waals surface area (Å²) in [5.74, 6) is 0. The fourth-order valence-corrected chi connectivity index (χ4v) is 2.84. The summed E-state index contributed by atoms with van der Waals surface area (Å²) >= 11 is 5.68. The third-order valence-electron chi connectivity index (χ3n) is 2.92. The van der Waals surface area contributed by atoms with Gasteiger partial charge in [-0.15, -0.1) is 5.10 Å². The maximum atomic E-state index is 12.3. The van der Waals surface area contributed by atoms with E-state index in [4.69, 9.17) is 11.6 Å². The minimum atomic E-state index is -3.99. The molecule has 10 heteroatoms. The molecule has 0 aliphatic carbocycles. The molecule has 2 heterocycles. The van der Waals surface area contributed by atoms with Crippen molar-refractivity contribution in [3.63, 3.8) is 0 Å². The molecular weight excluding hydrogens is 330 g/mol. The number of rotatable bonds is 4. The molecule has 0 aliphatic heterocycles. The number of nitrogens with zero attached hydrogens (tertiary/aromatic N) is 5. The molecule has 0 bridgehead atoms. The minimum Gasteiger partial charge on any atom is -0.323 e. The summed E-state index contributed by atoms with van der Waals surface area (Å²) in [5.41, 5.74) is 0. The zero-order valence-corrected chi connectivity index (χ0v) is 13.5. The summed E-state index contributed by atoms with van der Waals surface area (Å²) in [4.78, 5) is 21.0. The van der Waals surface area contributed by atoms with E-state index in [1.54, 1.807) is 0 Å². The van der Waals surface area contributed by atoms with E-state index < -0.39 is 21.0 Å². The van der Waals surface area contributed by atoms with Crippen molar-refractivity contribution in [3.05, 3.63) is 29.7 Å². The predicted octanol–water partition coefficient (Wildman–Crippen LogP) is 1.47. The number of hydrogen-bond donors (Lipinski definition) is 0. The topological polar surface area (TPSA) is 98.1 Å². The highest BCUT2D eigenvalue weighted by molar-refractivity contribution is 7.91. The summed E-state index contributed by atoms with van der Waals surface area (Å²) < 4.78 is 25.5. The van der Waals surface area contributed by atoms with Gasteiger partial charge in [0.1, 0.15) is 6.33 Å². The molecule has 0 N–H and O–H groups in total. The van der Waals surface area contributed by atoms with Crippen molar-refractivity contribution < 1.29 is 13.2 Å². The second-order valence-corrected chi connectivity index (χ2v) is 6.47. The number of carbonyl (C=O) groups is 1. The Bertz CT molecular complexity index is 768. The minimum absolute atomic E-state index is 0.232. The largest absolute Gasteiger partial charge is 0.346 e. The molecule has 0 atom stereocenters. The van der Waals surface area contributed by atoms with Gasteiger partial charge >= 0.3 is 6.03 Å². The first-order valence-corrected chi connectivity index (χ1v) is 8.33. The molecule has 0 aromatic carbocycles. The molecule has 0 aliphatic rings. The molecule has 1 amide bonds. The highest BCUT2D eigenvalue weighted by Gasteiger charge is 2.25. The Balaban J connectivity index is 2.35. The lowest BCUT2D eigenvalue weighted by molar-refractivity contribution is 0.201. The Morgan fingerprint density at radius 3 is 2.50 bits per heavy atom. The van der Waals surface area contributed by atoms with E-state index in [0.717, 1.165) is 11.0 Å². The second kappa shape index (κ2) is 6.41. The van der Waals surface area contributed by atoms with Gasteiger partial charge in [-0.2, -0.15) is 4.68 Å². The Labute approximate surface area is 132 Å². The lowest BCUT2D eigenvalue weighted by Crippen LogP contribution is -2.34. The maximum absolute atomic E-state index is 12.3.